The first-order valence-corrected chi connectivity index (χ1v) is 6.85. The van der Waals surface area contributed by atoms with Crippen LogP contribution in [-0.4, -0.2) is 55.0 Å². The van der Waals surface area contributed by atoms with Gasteiger partial charge in [0, 0.05) is 12.1 Å². The largest absolute Gasteiger partial charge is 0.302 e. The summed E-state index contributed by atoms with van der Waals surface area (Å²) in [7, 11) is 6.29. The van der Waals surface area contributed by atoms with Crippen LogP contribution in [0.15, 0.2) is 0 Å². The van der Waals surface area contributed by atoms with Crippen LogP contribution in [0.4, 0.5) is 0 Å². The Morgan fingerprint density at radius 2 is 2.00 bits per heavy atom. The number of carbonyl (C=O) groups excluding carboxylic acids is 1. The van der Waals surface area contributed by atoms with E-state index in [0.717, 1.165) is 19.4 Å². The van der Waals surface area contributed by atoms with Gasteiger partial charge in [-0.2, -0.15) is 0 Å². The summed E-state index contributed by atoms with van der Waals surface area (Å²) < 4.78 is 0. The monoisotopic (exact) mass is 256 g/mol. The molecule has 1 atom stereocenters. The SMILES string of the molecule is CCCC(C(=O)NN)N(C)CC1(N(C)C)CCC1. The molecule has 0 spiro atoms. The van der Waals surface area contributed by atoms with Crippen LogP contribution >= 0.6 is 0 Å². The lowest BCUT2D eigenvalue weighted by Gasteiger charge is -2.50. The Kier molecular flexibility index (Phi) is 5.56. The molecule has 1 aliphatic rings. The quantitative estimate of drug-likeness (QED) is 0.397. The summed E-state index contributed by atoms with van der Waals surface area (Å²) in [6, 6.07) is -0.113. The molecule has 0 saturated heterocycles. The zero-order chi connectivity index (χ0) is 13.8. The minimum Gasteiger partial charge on any atom is -0.302 e. The van der Waals surface area contributed by atoms with Crippen molar-refractivity contribution in [1.29, 1.82) is 0 Å². The number of nitrogens with zero attached hydrogens (tertiary/aromatic N) is 2. The topological polar surface area (TPSA) is 61.6 Å². The molecule has 5 heteroatoms. The highest BCUT2D eigenvalue weighted by Gasteiger charge is 2.41. The van der Waals surface area contributed by atoms with Gasteiger partial charge in [-0.15, -0.1) is 0 Å². The zero-order valence-electron chi connectivity index (χ0n) is 12.2. The van der Waals surface area contributed by atoms with Crippen LogP contribution in [0.5, 0.6) is 0 Å². The Bertz CT molecular complexity index is 276. The van der Waals surface area contributed by atoms with Crippen LogP contribution in [0.2, 0.25) is 0 Å². The smallest absolute Gasteiger partial charge is 0.251 e. The number of hydrogen-bond acceptors (Lipinski definition) is 4. The van der Waals surface area contributed by atoms with Crippen molar-refractivity contribution in [3.05, 3.63) is 0 Å². The van der Waals surface area contributed by atoms with E-state index in [1.807, 2.05) is 7.05 Å². The van der Waals surface area contributed by atoms with Crippen molar-refractivity contribution in [3.63, 3.8) is 0 Å². The van der Waals surface area contributed by atoms with Gasteiger partial charge < -0.3 is 4.90 Å². The number of carbonyl (C=O) groups is 1. The number of nitrogens with two attached hydrogens (primary N) is 1. The van der Waals surface area contributed by atoms with Crippen molar-refractivity contribution in [2.45, 2.75) is 50.6 Å². The second kappa shape index (κ2) is 6.50. The lowest BCUT2D eigenvalue weighted by Crippen LogP contribution is -2.60. The van der Waals surface area contributed by atoms with E-state index < -0.39 is 0 Å². The molecule has 0 aliphatic heterocycles. The van der Waals surface area contributed by atoms with E-state index in [4.69, 9.17) is 5.84 Å². The van der Waals surface area contributed by atoms with Gasteiger partial charge in [0.2, 0.25) is 0 Å². The number of rotatable bonds is 7. The Morgan fingerprint density at radius 1 is 1.39 bits per heavy atom. The van der Waals surface area contributed by atoms with Crippen LogP contribution < -0.4 is 11.3 Å². The molecule has 1 amide bonds. The van der Waals surface area contributed by atoms with Crippen molar-refractivity contribution in [3.8, 4) is 0 Å². The lowest BCUT2D eigenvalue weighted by atomic mass is 9.75. The maximum atomic E-state index is 11.8. The number of likely N-dealkylation sites (N-methyl/N-ethyl adjacent to an activating group) is 2. The van der Waals surface area contributed by atoms with Gasteiger partial charge in [0.25, 0.3) is 5.91 Å². The van der Waals surface area contributed by atoms with E-state index in [-0.39, 0.29) is 17.5 Å². The maximum Gasteiger partial charge on any atom is 0.251 e. The predicted octanol–water partition coefficient (Wildman–Crippen LogP) is 0.561. The second-order valence-corrected chi connectivity index (χ2v) is 5.70. The van der Waals surface area contributed by atoms with Gasteiger partial charge in [0.15, 0.2) is 0 Å². The van der Waals surface area contributed by atoms with Gasteiger partial charge in [0.05, 0.1) is 6.04 Å². The molecule has 0 bridgehead atoms. The zero-order valence-corrected chi connectivity index (χ0v) is 12.2. The van der Waals surface area contributed by atoms with E-state index in [1.54, 1.807) is 0 Å². The molecule has 18 heavy (non-hydrogen) atoms. The first-order chi connectivity index (χ1) is 8.46. The van der Waals surface area contributed by atoms with Crippen molar-refractivity contribution >= 4 is 5.91 Å². The molecule has 0 aromatic heterocycles. The molecular formula is C13H28N4O. The van der Waals surface area contributed by atoms with Gasteiger partial charge >= 0.3 is 0 Å². The Morgan fingerprint density at radius 3 is 2.33 bits per heavy atom. The fourth-order valence-electron chi connectivity index (χ4n) is 2.83. The van der Waals surface area contributed by atoms with E-state index >= 15 is 0 Å². The van der Waals surface area contributed by atoms with Crippen molar-refractivity contribution in [1.82, 2.24) is 15.2 Å². The van der Waals surface area contributed by atoms with E-state index in [0.29, 0.717) is 0 Å². The predicted molar refractivity (Wildman–Crippen MR) is 73.9 cm³/mol. The summed E-state index contributed by atoms with van der Waals surface area (Å²) in [6.07, 6.45) is 5.55. The van der Waals surface area contributed by atoms with Crippen molar-refractivity contribution in [2.75, 3.05) is 27.7 Å². The molecule has 3 N–H and O–H groups in total. The first kappa shape index (κ1) is 15.4. The number of hydrazine groups is 1. The van der Waals surface area contributed by atoms with Crippen molar-refractivity contribution < 1.29 is 4.79 Å². The third kappa shape index (κ3) is 3.22. The summed E-state index contributed by atoms with van der Waals surface area (Å²) in [5.74, 6) is 5.20. The summed E-state index contributed by atoms with van der Waals surface area (Å²) in [6.45, 7) is 3.02. The molecule has 0 aromatic carbocycles. The van der Waals surface area contributed by atoms with Crippen LogP contribution in [0.1, 0.15) is 39.0 Å². The molecule has 1 saturated carbocycles. The normalized spacial score (nSPS) is 19.7. The molecule has 5 nitrogen and oxygen atoms in total. The average Bonchev–Trinajstić information content (AvgIpc) is 2.28. The van der Waals surface area contributed by atoms with E-state index in [2.05, 4.69) is 36.2 Å². The van der Waals surface area contributed by atoms with E-state index in [9.17, 15) is 4.79 Å². The molecular weight excluding hydrogens is 228 g/mol. The summed E-state index contributed by atoms with van der Waals surface area (Å²) in [4.78, 5) is 16.3. The molecule has 1 unspecified atom stereocenters. The Labute approximate surface area is 111 Å². The summed E-state index contributed by atoms with van der Waals surface area (Å²) in [5.41, 5.74) is 2.53. The third-order valence-corrected chi connectivity index (χ3v) is 4.32. The summed E-state index contributed by atoms with van der Waals surface area (Å²) >= 11 is 0. The van der Waals surface area contributed by atoms with Crippen LogP contribution in [0.3, 0.4) is 0 Å². The number of hydrogen-bond donors (Lipinski definition) is 2. The van der Waals surface area contributed by atoms with Gasteiger partial charge in [-0.25, -0.2) is 5.84 Å². The fraction of sp³-hybridized carbons (Fsp3) is 0.923. The van der Waals surface area contributed by atoms with E-state index in [1.165, 1.54) is 19.3 Å². The van der Waals surface area contributed by atoms with Crippen molar-refractivity contribution in [2.24, 2.45) is 5.84 Å². The van der Waals surface area contributed by atoms with Gasteiger partial charge in [-0.3, -0.25) is 15.1 Å². The average molecular weight is 256 g/mol. The molecule has 1 fully saturated rings. The molecule has 1 rings (SSSR count). The fourth-order valence-corrected chi connectivity index (χ4v) is 2.83. The number of nitrogens with one attached hydrogen (secondary N) is 1. The summed E-state index contributed by atoms with van der Waals surface area (Å²) in [5, 5.41) is 0. The second-order valence-electron chi connectivity index (χ2n) is 5.70. The van der Waals surface area contributed by atoms with Crippen LogP contribution in [0, 0.1) is 0 Å². The minimum atomic E-state index is -0.113. The van der Waals surface area contributed by atoms with Crippen LogP contribution in [-0.2, 0) is 4.79 Å². The highest BCUT2D eigenvalue weighted by Crippen LogP contribution is 2.37. The molecule has 0 radical (unpaired) electrons. The standard InChI is InChI=1S/C13H28N4O/c1-5-7-11(12(18)15-14)17(4)10-13(16(2)3)8-6-9-13/h11H,5-10,14H2,1-4H3,(H,15,18). The lowest BCUT2D eigenvalue weighted by molar-refractivity contribution is -0.127. The Balaban J connectivity index is 2.65. The minimum absolute atomic E-state index is 0.0763. The highest BCUT2D eigenvalue weighted by molar-refractivity contribution is 5.81. The van der Waals surface area contributed by atoms with Gasteiger partial charge in [-0.05, 0) is 46.8 Å². The molecule has 1 aliphatic carbocycles. The highest BCUT2D eigenvalue weighted by atomic mass is 16.2. The van der Waals surface area contributed by atoms with Crippen LogP contribution in [0.25, 0.3) is 0 Å². The molecule has 106 valence electrons. The van der Waals surface area contributed by atoms with Gasteiger partial charge in [0.1, 0.15) is 0 Å². The Hall–Kier alpha value is -0.650. The number of amides is 1. The van der Waals surface area contributed by atoms with Gasteiger partial charge in [-0.1, -0.05) is 13.3 Å². The first-order valence-electron chi connectivity index (χ1n) is 6.85. The maximum absolute atomic E-state index is 11.8. The molecule has 0 aromatic rings. The third-order valence-electron chi connectivity index (χ3n) is 4.32. The molecule has 0 heterocycles.